The van der Waals surface area contributed by atoms with E-state index in [0.717, 1.165) is 0 Å². The first-order chi connectivity index (χ1) is 8.84. The fourth-order valence-corrected chi connectivity index (χ4v) is 3.10. The molecule has 0 atom stereocenters. The van der Waals surface area contributed by atoms with Crippen LogP contribution >= 0.6 is 11.8 Å². The van der Waals surface area contributed by atoms with E-state index in [1.54, 1.807) is 0 Å². The Labute approximate surface area is 112 Å². The zero-order valence-electron chi connectivity index (χ0n) is 10.3. The molecule has 0 aliphatic rings. The van der Waals surface area contributed by atoms with Gasteiger partial charge in [-0.05, 0) is 41.5 Å². The smallest absolute Gasteiger partial charge is 0.0201 e. The number of aryl methyl sites for hydroxylation is 1. The number of hydrogen-bond acceptors (Lipinski definition) is 1. The highest BCUT2D eigenvalue weighted by Gasteiger charge is 2.04. The van der Waals surface area contributed by atoms with Crippen LogP contribution in [0.15, 0.2) is 76.5 Å². The highest BCUT2D eigenvalue weighted by molar-refractivity contribution is 7.99. The summed E-state index contributed by atoms with van der Waals surface area (Å²) in [5.74, 6) is 0. The first-order valence-electron chi connectivity index (χ1n) is 6.06. The lowest BCUT2D eigenvalue weighted by molar-refractivity contribution is 1.42. The molecule has 3 rings (SSSR count). The molecule has 0 fully saturated rings. The molecule has 0 heterocycles. The number of fused-ring (bicyclic) bond motifs is 1. The van der Waals surface area contributed by atoms with Crippen LogP contribution in [0.25, 0.3) is 10.8 Å². The Kier molecular flexibility index (Phi) is 3.07. The fourth-order valence-electron chi connectivity index (χ4n) is 2.13. The van der Waals surface area contributed by atoms with E-state index in [9.17, 15) is 0 Å². The molecule has 0 radical (unpaired) electrons. The van der Waals surface area contributed by atoms with E-state index >= 15 is 0 Å². The molecule has 18 heavy (non-hydrogen) atoms. The zero-order chi connectivity index (χ0) is 12.4. The molecule has 0 aliphatic carbocycles. The van der Waals surface area contributed by atoms with E-state index < -0.39 is 0 Å². The van der Waals surface area contributed by atoms with Crippen molar-refractivity contribution in [3.05, 3.63) is 72.3 Å². The molecule has 0 amide bonds. The molecule has 88 valence electrons. The maximum absolute atomic E-state index is 2.22. The Morgan fingerprint density at radius 2 is 1.33 bits per heavy atom. The summed E-state index contributed by atoms with van der Waals surface area (Å²) in [6, 6.07) is 23.5. The van der Waals surface area contributed by atoms with Crippen molar-refractivity contribution in [1.29, 1.82) is 0 Å². The predicted molar refractivity (Wildman–Crippen MR) is 79.3 cm³/mol. The number of hydrogen-bond donors (Lipinski definition) is 0. The van der Waals surface area contributed by atoms with Crippen LogP contribution in [0.1, 0.15) is 5.56 Å². The minimum Gasteiger partial charge on any atom is -0.0895 e. The summed E-state index contributed by atoms with van der Waals surface area (Å²) in [7, 11) is 0. The largest absolute Gasteiger partial charge is 0.0895 e. The van der Waals surface area contributed by atoms with Gasteiger partial charge in [0.15, 0.2) is 0 Å². The average Bonchev–Trinajstić information content (AvgIpc) is 2.44. The van der Waals surface area contributed by atoms with Crippen LogP contribution in [-0.2, 0) is 0 Å². The second-order valence-electron chi connectivity index (χ2n) is 4.34. The van der Waals surface area contributed by atoms with Crippen LogP contribution in [0.4, 0.5) is 0 Å². The van der Waals surface area contributed by atoms with Gasteiger partial charge in [0.05, 0.1) is 0 Å². The molecule has 3 aromatic rings. The Balaban J connectivity index is 2.10. The number of rotatable bonds is 2. The lowest BCUT2D eigenvalue weighted by Gasteiger charge is -2.08. The van der Waals surface area contributed by atoms with Crippen LogP contribution in [-0.4, -0.2) is 0 Å². The van der Waals surface area contributed by atoms with Gasteiger partial charge in [0, 0.05) is 9.79 Å². The minimum absolute atomic E-state index is 1.28. The van der Waals surface area contributed by atoms with Gasteiger partial charge in [-0.25, -0.2) is 0 Å². The molecule has 0 nitrogen and oxygen atoms in total. The summed E-state index contributed by atoms with van der Waals surface area (Å²) in [6.45, 7) is 2.17. The summed E-state index contributed by atoms with van der Waals surface area (Å²) < 4.78 is 0. The molecule has 1 heteroatoms. The summed E-state index contributed by atoms with van der Waals surface area (Å²) in [5, 5.41) is 2.68. The topological polar surface area (TPSA) is 0 Å². The highest BCUT2D eigenvalue weighted by atomic mass is 32.2. The second-order valence-corrected chi connectivity index (χ2v) is 5.46. The zero-order valence-corrected chi connectivity index (χ0v) is 11.1. The van der Waals surface area contributed by atoms with E-state index in [-0.39, 0.29) is 0 Å². The summed E-state index contributed by atoms with van der Waals surface area (Å²) in [4.78, 5) is 2.61. The minimum atomic E-state index is 1.28. The third-order valence-electron chi connectivity index (χ3n) is 3.07. The Morgan fingerprint density at radius 3 is 2.11 bits per heavy atom. The van der Waals surface area contributed by atoms with Crippen molar-refractivity contribution < 1.29 is 0 Å². The SMILES string of the molecule is Cc1ccc(Sc2ccccc2)c2ccccc12. The maximum Gasteiger partial charge on any atom is 0.0201 e. The first-order valence-corrected chi connectivity index (χ1v) is 6.87. The first kappa shape index (κ1) is 11.4. The van der Waals surface area contributed by atoms with Crippen LogP contribution in [0.5, 0.6) is 0 Å². The lowest BCUT2D eigenvalue weighted by atomic mass is 10.1. The van der Waals surface area contributed by atoms with Crippen LogP contribution in [0.3, 0.4) is 0 Å². The molecule has 0 aliphatic heterocycles. The molecule has 0 saturated carbocycles. The molecule has 0 saturated heterocycles. The second kappa shape index (κ2) is 4.87. The Hall–Kier alpha value is -1.73. The van der Waals surface area contributed by atoms with Crippen LogP contribution in [0, 0.1) is 6.92 Å². The predicted octanol–water partition coefficient (Wildman–Crippen LogP) is 5.30. The van der Waals surface area contributed by atoms with E-state index in [0.29, 0.717) is 0 Å². The van der Waals surface area contributed by atoms with Gasteiger partial charge < -0.3 is 0 Å². The molecule has 0 bridgehead atoms. The van der Waals surface area contributed by atoms with Crippen molar-refractivity contribution in [1.82, 2.24) is 0 Å². The van der Waals surface area contributed by atoms with Crippen molar-refractivity contribution in [2.45, 2.75) is 16.7 Å². The molecule has 0 spiro atoms. The van der Waals surface area contributed by atoms with Crippen molar-refractivity contribution >= 4 is 22.5 Å². The van der Waals surface area contributed by atoms with Crippen molar-refractivity contribution in [2.75, 3.05) is 0 Å². The van der Waals surface area contributed by atoms with Gasteiger partial charge in [-0.1, -0.05) is 60.3 Å². The van der Waals surface area contributed by atoms with Gasteiger partial charge in [-0.15, -0.1) is 0 Å². The highest BCUT2D eigenvalue weighted by Crippen LogP contribution is 2.34. The van der Waals surface area contributed by atoms with E-state index in [4.69, 9.17) is 0 Å². The Morgan fingerprint density at radius 1 is 0.667 bits per heavy atom. The molecule has 0 unspecified atom stereocenters. The van der Waals surface area contributed by atoms with Crippen molar-refractivity contribution in [3.8, 4) is 0 Å². The van der Waals surface area contributed by atoms with Gasteiger partial charge in [-0.3, -0.25) is 0 Å². The Bertz CT molecular complexity index is 672. The molecule has 0 aromatic heterocycles. The van der Waals surface area contributed by atoms with Crippen molar-refractivity contribution in [3.63, 3.8) is 0 Å². The monoisotopic (exact) mass is 250 g/mol. The third kappa shape index (κ3) is 2.14. The molecule has 3 aromatic carbocycles. The quantitative estimate of drug-likeness (QED) is 0.594. The normalized spacial score (nSPS) is 10.7. The van der Waals surface area contributed by atoms with E-state index in [1.807, 2.05) is 11.8 Å². The fraction of sp³-hybridized carbons (Fsp3) is 0.0588. The molecular weight excluding hydrogens is 236 g/mol. The van der Waals surface area contributed by atoms with Gasteiger partial charge in [0.1, 0.15) is 0 Å². The van der Waals surface area contributed by atoms with Gasteiger partial charge in [0.25, 0.3) is 0 Å². The maximum atomic E-state index is 2.22. The van der Waals surface area contributed by atoms with Gasteiger partial charge >= 0.3 is 0 Å². The number of benzene rings is 3. The average molecular weight is 250 g/mol. The van der Waals surface area contributed by atoms with Gasteiger partial charge in [-0.2, -0.15) is 0 Å². The van der Waals surface area contributed by atoms with E-state index in [1.165, 1.54) is 26.1 Å². The summed E-state index contributed by atoms with van der Waals surface area (Å²) in [5.41, 5.74) is 1.34. The molecular formula is C17H14S. The lowest BCUT2D eigenvalue weighted by Crippen LogP contribution is -1.81. The summed E-state index contributed by atoms with van der Waals surface area (Å²) >= 11 is 1.83. The van der Waals surface area contributed by atoms with E-state index in [2.05, 4.69) is 73.7 Å². The molecule has 0 N–H and O–H groups in total. The van der Waals surface area contributed by atoms with Crippen LogP contribution in [0.2, 0.25) is 0 Å². The summed E-state index contributed by atoms with van der Waals surface area (Å²) in [6.07, 6.45) is 0. The van der Waals surface area contributed by atoms with Gasteiger partial charge in [0.2, 0.25) is 0 Å². The van der Waals surface area contributed by atoms with Crippen LogP contribution < -0.4 is 0 Å². The third-order valence-corrected chi connectivity index (χ3v) is 4.16. The standard InChI is InChI=1S/C17H14S/c1-13-11-12-17(16-10-6-5-9-15(13)16)18-14-7-3-2-4-8-14/h2-12H,1H3. The van der Waals surface area contributed by atoms with Crippen molar-refractivity contribution in [2.24, 2.45) is 0 Å².